The van der Waals surface area contributed by atoms with Gasteiger partial charge in [-0.15, -0.1) is 0 Å². The number of rotatable bonds is 4. The minimum Gasteiger partial charge on any atom is -0.348 e. The maximum absolute atomic E-state index is 13.0. The summed E-state index contributed by atoms with van der Waals surface area (Å²) in [5.41, 5.74) is -1.37. The number of hydrogen-bond acceptors (Lipinski definition) is 3. The van der Waals surface area contributed by atoms with E-state index in [0.29, 0.717) is 10.4 Å². The molecule has 0 saturated heterocycles. The lowest BCUT2D eigenvalue weighted by molar-refractivity contribution is -0.139. The first-order valence-electron chi connectivity index (χ1n) is 5.90. The van der Waals surface area contributed by atoms with Crippen LogP contribution in [0.4, 0.5) is 13.2 Å². The number of hydrogen-bond donors (Lipinski definition) is 0. The molecule has 0 aliphatic heterocycles. The average Bonchev–Trinajstić information content (AvgIpc) is 2.36. The number of benzene rings is 1. The molecule has 0 fully saturated rings. The fourth-order valence-electron chi connectivity index (χ4n) is 1.53. The first-order valence-corrected chi connectivity index (χ1v) is 7.72. The predicted octanol–water partition coefficient (Wildman–Crippen LogP) is 2.07. The van der Waals surface area contributed by atoms with Gasteiger partial charge in [0, 0.05) is 26.2 Å². The highest BCUT2D eigenvalue weighted by Crippen LogP contribution is 2.36. The number of halogens is 4. The lowest BCUT2D eigenvalue weighted by Gasteiger charge is -2.21. The second kappa shape index (κ2) is 6.43. The molecule has 0 aliphatic carbocycles. The van der Waals surface area contributed by atoms with E-state index in [1.165, 1.54) is 14.1 Å². The molecule has 1 rings (SSSR count). The Morgan fingerprint density at radius 2 is 1.77 bits per heavy atom. The fraction of sp³-hybridized carbons (Fsp3) is 0.417. The van der Waals surface area contributed by atoms with Gasteiger partial charge in [-0.1, -0.05) is 11.6 Å². The van der Waals surface area contributed by atoms with E-state index in [4.69, 9.17) is 11.6 Å². The Morgan fingerprint density at radius 1 is 1.23 bits per heavy atom. The van der Waals surface area contributed by atoms with Gasteiger partial charge >= 0.3 is 6.18 Å². The van der Waals surface area contributed by atoms with Crippen molar-refractivity contribution in [3.05, 3.63) is 28.8 Å². The second-order valence-corrected chi connectivity index (χ2v) is 7.14. The molecule has 0 aliphatic rings. The zero-order valence-corrected chi connectivity index (χ0v) is 13.6. The van der Waals surface area contributed by atoms with E-state index in [0.717, 1.165) is 24.1 Å². The lowest BCUT2D eigenvalue weighted by Crippen LogP contribution is -2.38. The Bertz CT molecular complexity index is 675. The number of alkyl halides is 3. The van der Waals surface area contributed by atoms with Crippen molar-refractivity contribution in [1.82, 2.24) is 9.21 Å². The van der Waals surface area contributed by atoms with Gasteiger partial charge in [0.15, 0.2) is 0 Å². The van der Waals surface area contributed by atoms with Crippen LogP contribution in [0.2, 0.25) is 5.02 Å². The van der Waals surface area contributed by atoms with Crippen LogP contribution in [0.3, 0.4) is 0 Å². The zero-order valence-electron chi connectivity index (χ0n) is 12.0. The van der Waals surface area contributed by atoms with E-state index >= 15 is 0 Å². The van der Waals surface area contributed by atoms with Crippen LogP contribution in [0.15, 0.2) is 23.1 Å². The number of sulfonamides is 1. The smallest absolute Gasteiger partial charge is 0.348 e. The summed E-state index contributed by atoms with van der Waals surface area (Å²) in [6, 6.07) is 2.36. The SMILES string of the molecule is CN(C)C(=O)CN(C)S(=O)(=O)c1ccc(Cl)cc1C(F)(F)F. The van der Waals surface area contributed by atoms with Crippen LogP contribution in [0.25, 0.3) is 0 Å². The molecule has 22 heavy (non-hydrogen) atoms. The first-order chi connectivity index (χ1) is 9.87. The van der Waals surface area contributed by atoms with Crippen molar-refractivity contribution >= 4 is 27.5 Å². The third kappa shape index (κ3) is 4.11. The maximum atomic E-state index is 13.0. The molecule has 0 N–H and O–H groups in total. The van der Waals surface area contributed by atoms with Crippen molar-refractivity contribution < 1.29 is 26.4 Å². The molecular weight excluding hydrogens is 345 g/mol. The van der Waals surface area contributed by atoms with Crippen molar-refractivity contribution in [1.29, 1.82) is 0 Å². The Hall–Kier alpha value is -1.32. The molecule has 0 aromatic heterocycles. The van der Waals surface area contributed by atoms with E-state index in [1.54, 1.807) is 0 Å². The van der Waals surface area contributed by atoms with Crippen molar-refractivity contribution in [3.63, 3.8) is 0 Å². The van der Waals surface area contributed by atoms with E-state index < -0.39 is 39.1 Å². The fourth-order valence-corrected chi connectivity index (χ4v) is 3.01. The number of likely N-dealkylation sites (N-methyl/N-ethyl adjacent to an activating group) is 2. The van der Waals surface area contributed by atoms with Crippen LogP contribution >= 0.6 is 11.6 Å². The van der Waals surface area contributed by atoms with E-state index in [-0.39, 0.29) is 5.02 Å². The molecule has 0 bridgehead atoms. The Labute approximate surface area is 131 Å². The molecule has 0 spiro atoms. The standard InChI is InChI=1S/C12H14ClF3N2O3S/c1-17(2)11(19)7-18(3)22(20,21)10-5-4-8(13)6-9(10)12(14,15)16/h4-6H,7H2,1-3H3. The summed E-state index contributed by atoms with van der Waals surface area (Å²) in [5.74, 6) is -0.561. The van der Waals surface area contributed by atoms with E-state index in [1.807, 2.05) is 0 Å². The molecule has 1 aromatic carbocycles. The van der Waals surface area contributed by atoms with E-state index in [9.17, 15) is 26.4 Å². The largest absolute Gasteiger partial charge is 0.417 e. The van der Waals surface area contributed by atoms with Gasteiger partial charge in [0.2, 0.25) is 15.9 Å². The Kier molecular flexibility index (Phi) is 5.47. The van der Waals surface area contributed by atoms with Crippen molar-refractivity contribution in [3.8, 4) is 0 Å². The normalized spacial score (nSPS) is 12.5. The lowest BCUT2D eigenvalue weighted by atomic mass is 10.2. The van der Waals surface area contributed by atoms with Gasteiger partial charge < -0.3 is 4.90 Å². The molecule has 1 amide bonds. The number of carbonyl (C=O) groups is 1. The van der Waals surface area contributed by atoms with Crippen LogP contribution in [0.5, 0.6) is 0 Å². The minimum absolute atomic E-state index is 0.238. The zero-order chi connectivity index (χ0) is 17.3. The molecular formula is C12H14ClF3N2O3S. The Balaban J connectivity index is 3.32. The van der Waals surface area contributed by atoms with Crippen LogP contribution in [-0.4, -0.2) is 51.2 Å². The summed E-state index contributed by atoms with van der Waals surface area (Å²) in [6.45, 7) is -0.574. The molecule has 10 heteroatoms. The van der Waals surface area contributed by atoms with Gasteiger partial charge in [0.05, 0.1) is 17.0 Å². The van der Waals surface area contributed by atoms with Crippen LogP contribution in [0.1, 0.15) is 5.56 Å². The van der Waals surface area contributed by atoms with Gasteiger partial charge in [0.1, 0.15) is 0 Å². The van der Waals surface area contributed by atoms with Crippen LogP contribution < -0.4 is 0 Å². The predicted molar refractivity (Wildman–Crippen MR) is 75.0 cm³/mol. The highest BCUT2D eigenvalue weighted by Gasteiger charge is 2.39. The summed E-state index contributed by atoms with van der Waals surface area (Å²) in [7, 11) is -0.640. The quantitative estimate of drug-likeness (QED) is 0.828. The highest BCUT2D eigenvalue weighted by atomic mass is 35.5. The summed E-state index contributed by atoms with van der Waals surface area (Å²) in [4.78, 5) is 11.7. The maximum Gasteiger partial charge on any atom is 0.417 e. The molecule has 0 saturated carbocycles. The monoisotopic (exact) mass is 358 g/mol. The summed E-state index contributed by atoms with van der Waals surface area (Å²) < 4.78 is 64.1. The van der Waals surface area contributed by atoms with E-state index in [2.05, 4.69) is 0 Å². The Morgan fingerprint density at radius 3 is 2.23 bits per heavy atom. The number of carbonyl (C=O) groups excluding carboxylic acids is 1. The van der Waals surface area contributed by atoms with Gasteiger partial charge in [-0.3, -0.25) is 4.79 Å². The third-order valence-corrected chi connectivity index (χ3v) is 4.89. The summed E-state index contributed by atoms with van der Waals surface area (Å²) >= 11 is 5.51. The number of amides is 1. The highest BCUT2D eigenvalue weighted by molar-refractivity contribution is 7.89. The minimum atomic E-state index is -4.89. The molecule has 5 nitrogen and oxygen atoms in total. The van der Waals surface area contributed by atoms with Crippen LogP contribution in [0, 0.1) is 0 Å². The van der Waals surface area contributed by atoms with Crippen molar-refractivity contribution in [2.75, 3.05) is 27.7 Å². The summed E-state index contributed by atoms with van der Waals surface area (Å²) in [6.07, 6.45) is -4.89. The van der Waals surface area contributed by atoms with Gasteiger partial charge in [-0.05, 0) is 18.2 Å². The molecule has 0 heterocycles. The van der Waals surface area contributed by atoms with Gasteiger partial charge in [-0.25, -0.2) is 8.42 Å². The third-order valence-electron chi connectivity index (χ3n) is 2.79. The molecule has 1 aromatic rings. The molecule has 0 atom stereocenters. The topological polar surface area (TPSA) is 57.7 Å². The first kappa shape index (κ1) is 18.7. The molecule has 124 valence electrons. The number of nitrogens with zero attached hydrogens (tertiary/aromatic N) is 2. The second-order valence-electron chi connectivity index (χ2n) is 4.69. The van der Waals surface area contributed by atoms with Crippen molar-refractivity contribution in [2.45, 2.75) is 11.1 Å². The van der Waals surface area contributed by atoms with Crippen molar-refractivity contribution in [2.24, 2.45) is 0 Å². The molecule has 0 unspecified atom stereocenters. The van der Waals surface area contributed by atoms with Gasteiger partial charge in [0.25, 0.3) is 0 Å². The average molecular weight is 359 g/mol. The summed E-state index contributed by atoms with van der Waals surface area (Å²) in [5, 5.41) is -0.238. The van der Waals surface area contributed by atoms with Crippen LogP contribution in [-0.2, 0) is 21.0 Å². The van der Waals surface area contributed by atoms with Gasteiger partial charge in [-0.2, -0.15) is 17.5 Å². The molecule has 0 radical (unpaired) electrons.